The first-order valence-corrected chi connectivity index (χ1v) is 21.0. The number of aliphatic hydroxyl groups is 1. The number of hydrogen-bond donors (Lipinski definition) is 2. The fraction of sp³-hybridized carbons (Fsp3) is 0.632. The van der Waals surface area contributed by atoms with Crippen LogP contribution in [-0.4, -0.2) is 68.4 Å². The van der Waals surface area contributed by atoms with E-state index in [1.165, 1.54) is 24.3 Å². The molecule has 1 fully saturated rings. The van der Waals surface area contributed by atoms with Crippen LogP contribution in [0.1, 0.15) is 91.7 Å². The summed E-state index contributed by atoms with van der Waals surface area (Å²) in [6, 6.07) is 9.33. The summed E-state index contributed by atoms with van der Waals surface area (Å²) in [7, 11) is -2.24. The van der Waals surface area contributed by atoms with Gasteiger partial charge in [0.25, 0.3) is 0 Å². The van der Waals surface area contributed by atoms with Gasteiger partial charge in [-0.3, -0.25) is 9.69 Å². The van der Waals surface area contributed by atoms with E-state index in [9.17, 15) is 15.2 Å². The number of nitriles is 1. The number of nitrogens with zero attached hydrogens (tertiary/aromatic N) is 2. The lowest BCUT2D eigenvalue weighted by molar-refractivity contribution is -0.176. The van der Waals surface area contributed by atoms with E-state index in [4.69, 9.17) is 32.4 Å². The van der Waals surface area contributed by atoms with Crippen molar-refractivity contribution in [2.24, 2.45) is 5.41 Å². The minimum Gasteiger partial charge on any atom is -0.416 e. The molecule has 278 valence electrons. The van der Waals surface area contributed by atoms with Crippen molar-refractivity contribution >= 4 is 37.4 Å². The lowest BCUT2D eigenvalue weighted by atomic mass is 9.62. The maximum atomic E-state index is 16.3. The molecule has 4 atom stereocenters. The van der Waals surface area contributed by atoms with Gasteiger partial charge in [0.05, 0.1) is 23.7 Å². The van der Waals surface area contributed by atoms with Crippen molar-refractivity contribution < 1.29 is 27.8 Å². The number of likely N-dealkylation sites (tertiary alicyclic amines) is 1. The predicted octanol–water partition coefficient (Wildman–Crippen LogP) is 8.97. The van der Waals surface area contributed by atoms with Crippen LogP contribution in [0.4, 0.5) is 8.78 Å². The molecule has 2 N–H and O–H groups in total. The van der Waals surface area contributed by atoms with E-state index in [0.717, 1.165) is 6.07 Å². The van der Waals surface area contributed by atoms with Crippen molar-refractivity contribution in [3.8, 4) is 6.07 Å². The lowest BCUT2D eigenvalue weighted by Gasteiger charge is -2.40. The van der Waals surface area contributed by atoms with Gasteiger partial charge < -0.3 is 19.6 Å². The molecule has 1 aliphatic rings. The van der Waals surface area contributed by atoms with Crippen LogP contribution in [-0.2, 0) is 19.4 Å². The molecule has 0 saturated carbocycles. The highest BCUT2D eigenvalue weighted by Crippen LogP contribution is 2.56. The van der Waals surface area contributed by atoms with Crippen LogP contribution in [0.15, 0.2) is 36.4 Å². The zero-order chi connectivity index (χ0) is 37.9. The Kier molecular flexibility index (Phi) is 13.8. The van der Waals surface area contributed by atoms with E-state index in [-0.39, 0.29) is 52.5 Å². The summed E-state index contributed by atoms with van der Waals surface area (Å²) < 4.78 is 44.6. The molecule has 0 spiro atoms. The summed E-state index contributed by atoms with van der Waals surface area (Å²) >= 11 is 12.6. The average Bonchev–Trinajstić information content (AvgIpc) is 3.23. The molecule has 1 saturated heterocycles. The number of halogens is 4. The van der Waals surface area contributed by atoms with E-state index in [1.54, 1.807) is 19.9 Å². The second-order valence-electron chi connectivity index (χ2n) is 16.6. The Morgan fingerprint density at radius 2 is 1.72 bits per heavy atom. The minimum absolute atomic E-state index is 0.0393. The average molecular weight is 755 g/mol. The molecular formula is C38H55Cl2F2N3O4Si. The molecule has 7 nitrogen and oxygen atoms in total. The Morgan fingerprint density at radius 3 is 2.28 bits per heavy atom. The van der Waals surface area contributed by atoms with Crippen LogP contribution >= 0.6 is 23.2 Å². The standard InChI is InChI=1S/C38H55Cl2F2N3O4Si/c1-35(2,3)23-30-38(24-43,27-17-16-25(39)22-29(27)41)31(26-14-13-15-28(40)32(26)42)33(34(46)44-18-11-12-20-48-37(7,8)47)45(30)19-21-49-50(9,10)36(4,5)6/h13-17,22,30-31,33,47H,11-12,18-21,23H2,1-10H3,(H,44,46). The molecule has 0 bridgehead atoms. The summed E-state index contributed by atoms with van der Waals surface area (Å²) in [5.41, 5.74) is -2.04. The number of carbonyl (C=O) groups excluding carboxylic acids is 1. The van der Waals surface area contributed by atoms with E-state index in [2.05, 4.69) is 45.3 Å². The van der Waals surface area contributed by atoms with Gasteiger partial charge in [0.2, 0.25) is 5.91 Å². The third-order valence-corrected chi connectivity index (χ3v) is 15.1. The summed E-state index contributed by atoms with van der Waals surface area (Å²) in [4.78, 5) is 16.5. The third kappa shape index (κ3) is 9.85. The summed E-state index contributed by atoms with van der Waals surface area (Å²) in [6.07, 6.45) is 1.48. The van der Waals surface area contributed by atoms with Crippen molar-refractivity contribution in [3.05, 3.63) is 69.2 Å². The first-order chi connectivity index (χ1) is 23.0. The molecule has 50 heavy (non-hydrogen) atoms. The molecule has 1 amide bonds. The van der Waals surface area contributed by atoms with Crippen LogP contribution in [0.3, 0.4) is 0 Å². The fourth-order valence-electron chi connectivity index (χ4n) is 6.60. The smallest absolute Gasteiger partial charge is 0.238 e. The second kappa shape index (κ2) is 16.3. The first-order valence-electron chi connectivity index (χ1n) is 17.3. The number of rotatable bonds is 14. The van der Waals surface area contributed by atoms with Gasteiger partial charge in [0, 0.05) is 42.2 Å². The summed E-state index contributed by atoms with van der Waals surface area (Å²) in [6.45, 7) is 20.9. The van der Waals surface area contributed by atoms with Gasteiger partial charge in [-0.1, -0.05) is 82.9 Å². The number of unbranched alkanes of at least 4 members (excludes halogenated alkanes) is 1. The molecule has 1 heterocycles. The largest absolute Gasteiger partial charge is 0.416 e. The van der Waals surface area contributed by atoms with Gasteiger partial charge in [-0.2, -0.15) is 5.26 Å². The Balaban J connectivity index is 2.26. The highest BCUT2D eigenvalue weighted by molar-refractivity contribution is 6.74. The van der Waals surface area contributed by atoms with E-state index < -0.39 is 60.5 Å². The van der Waals surface area contributed by atoms with Gasteiger partial charge in [0.1, 0.15) is 17.0 Å². The maximum absolute atomic E-state index is 16.3. The van der Waals surface area contributed by atoms with Crippen LogP contribution in [0.5, 0.6) is 0 Å². The Morgan fingerprint density at radius 1 is 1.06 bits per heavy atom. The topological polar surface area (TPSA) is 94.8 Å². The fourth-order valence-corrected chi connectivity index (χ4v) is 7.97. The molecule has 3 rings (SSSR count). The SMILES string of the molecule is CC(C)(C)CC1N(CCO[Si](C)(C)C(C)(C)C)C(C(=O)NCCCCOC(C)(C)O)C(c2cccc(Cl)c2F)C1(C#N)c1ccc(Cl)cc1F. The molecular weight excluding hydrogens is 699 g/mol. The van der Waals surface area contributed by atoms with Crippen molar-refractivity contribution in [1.82, 2.24) is 10.2 Å². The molecule has 0 aromatic heterocycles. The number of hydrogen-bond acceptors (Lipinski definition) is 6. The molecule has 12 heteroatoms. The monoisotopic (exact) mass is 753 g/mol. The number of benzene rings is 2. The Bertz CT molecular complexity index is 1530. The predicted molar refractivity (Wildman–Crippen MR) is 199 cm³/mol. The zero-order valence-corrected chi connectivity index (χ0v) is 33.7. The van der Waals surface area contributed by atoms with Gasteiger partial charge in [-0.25, -0.2) is 8.78 Å². The molecule has 2 aromatic rings. The number of ether oxygens (including phenoxy) is 1. The summed E-state index contributed by atoms with van der Waals surface area (Å²) in [5, 5.41) is 24.2. The van der Waals surface area contributed by atoms with Crippen LogP contribution in [0.2, 0.25) is 28.2 Å². The normalized spacial score (nSPS) is 22.1. The molecule has 1 aliphatic heterocycles. The number of carbonyl (C=O) groups is 1. The minimum atomic E-state index is -2.24. The Hall–Kier alpha value is -2.10. The third-order valence-electron chi connectivity index (χ3n) is 9.99. The van der Waals surface area contributed by atoms with Gasteiger partial charge in [-0.15, -0.1) is 0 Å². The van der Waals surface area contributed by atoms with Crippen LogP contribution < -0.4 is 5.32 Å². The van der Waals surface area contributed by atoms with Crippen molar-refractivity contribution in [2.45, 2.75) is 122 Å². The molecule has 0 aliphatic carbocycles. The maximum Gasteiger partial charge on any atom is 0.238 e. The Labute approximate surface area is 308 Å². The van der Waals surface area contributed by atoms with E-state index in [0.29, 0.717) is 19.3 Å². The molecule has 4 unspecified atom stereocenters. The molecule has 2 aromatic carbocycles. The van der Waals surface area contributed by atoms with Gasteiger partial charge in [-0.05, 0) is 80.4 Å². The van der Waals surface area contributed by atoms with Crippen molar-refractivity contribution in [1.29, 1.82) is 5.26 Å². The number of nitrogens with one attached hydrogen (secondary N) is 1. The van der Waals surface area contributed by atoms with Crippen LogP contribution in [0.25, 0.3) is 0 Å². The highest BCUT2D eigenvalue weighted by Gasteiger charge is 2.64. The van der Waals surface area contributed by atoms with Crippen molar-refractivity contribution in [2.75, 3.05) is 26.3 Å². The highest BCUT2D eigenvalue weighted by atomic mass is 35.5. The summed E-state index contributed by atoms with van der Waals surface area (Å²) in [5.74, 6) is -4.33. The van der Waals surface area contributed by atoms with E-state index >= 15 is 8.78 Å². The van der Waals surface area contributed by atoms with E-state index in [1.807, 2.05) is 25.7 Å². The lowest BCUT2D eigenvalue weighted by Crippen LogP contribution is -2.51. The van der Waals surface area contributed by atoms with Gasteiger partial charge >= 0.3 is 0 Å². The first kappa shape index (κ1) is 42.3. The quantitative estimate of drug-likeness (QED) is 0.114. The number of amides is 1. The van der Waals surface area contributed by atoms with Gasteiger partial charge in [0.15, 0.2) is 14.1 Å². The van der Waals surface area contributed by atoms with Crippen LogP contribution in [0, 0.1) is 28.4 Å². The van der Waals surface area contributed by atoms with Crippen molar-refractivity contribution in [3.63, 3.8) is 0 Å². The zero-order valence-electron chi connectivity index (χ0n) is 31.2. The second-order valence-corrected chi connectivity index (χ2v) is 22.2. The molecule has 0 radical (unpaired) electrons.